The number of ether oxygens (including phenoxy) is 3. The Hall–Kier alpha value is -2.55. The monoisotopic (exact) mass is 452 g/mol. The van der Waals surface area contributed by atoms with Crippen molar-refractivity contribution in [2.24, 2.45) is 0 Å². The smallest absolute Gasteiger partial charge is 0.412 e. The van der Waals surface area contributed by atoms with Crippen molar-refractivity contribution < 1.29 is 28.6 Å². The molecule has 0 saturated carbocycles. The first-order valence-corrected chi connectivity index (χ1v) is 11.1. The van der Waals surface area contributed by atoms with E-state index < -0.39 is 29.4 Å². The van der Waals surface area contributed by atoms with E-state index in [1.807, 2.05) is 5.38 Å². The molecule has 31 heavy (non-hydrogen) atoms. The Bertz CT molecular complexity index is 860. The maximum absolute atomic E-state index is 12.7. The van der Waals surface area contributed by atoms with E-state index in [-0.39, 0.29) is 13.2 Å². The Balaban J connectivity index is 2.33. The molecule has 1 aliphatic heterocycles. The second kappa shape index (κ2) is 9.72. The summed E-state index contributed by atoms with van der Waals surface area (Å²) in [5, 5.41) is 4.59. The molecule has 0 saturated heterocycles. The zero-order valence-corrected chi connectivity index (χ0v) is 20.1. The van der Waals surface area contributed by atoms with Gasteiger partial charge < -0.3 is 19.1 Å². The molecule has 0 aliphatic carbocycles. The van der Waals surface area contributed by atoms with E-state index in [9.17, 15) is 14.4 Å². The number of hydrogen-bond acceptors (Lipinski definition) is 7. The van der Waals surface area contributed by atoms with Crippen LogP contribution >= 0.6 is 11.3 Å². The van der Waals surface area contributed by atoms with Crippen molar-refractivity contribution in [2.75, 3.05) is 25.0 Å². The summed E-state index contributed by atoms with van der Waals surface area (Å²) in [5.41, 5.74) is 0.424. The molecular formula is C22H32N2O6S. The number of amides is 2. The number of hydrogen-bond donors (Lipinski definition) is 1. The molecule has 1 aromatic rings. The van der Waals surface area contributed by atoms with Gasteiger partial charge in [-0.3, -0.25) is 5.32 Å². The zero-order chi connectivity index (χ0) is 23.4. The van der Waals surface area contributed by atoms with Crippen LogP contribution in [0.5, 0.6) is 0 Å². The van der Waals surface area contributed by atoms with E-state index in [0.717, 1.165) is 10.5 Å². The molecule has 1 aromatic heterocycles. The van der Waals surface area contributed by atoms with Crippen molar-refractivity contribution in [1.29, 1.82) is 0 Å². The predicted octanol–water partition coefficient (Wildman–Crippen LogP) is 5.05. The molecule has 0 aromatic carbocycles. The van der Waals surface area contributed by atoms with Gasteiger partial charge in [-0.1, -0.05) is 0 Å². The lowest BCUT2D eigenvalue weighted by Gasteiger charge is -2.32. The van der Waals surface area contributed by atoms with E-state index in [1.54, 1.807) is 54.5 Å². The van der Waals surface area contributed by atoms with Crippen LogP contribution in [0.3, 0.4) is 0 Å². The van der Waals surface area contributed by atoms with Gasteiger partial charge >= 0.3 is 18.2 Å². The van der Waals surface area contributed by atoms with Crippen LogP contribution in [0.25, 0.3) is 5.57 Å². The first-order valence-electron chi connectivity index (χ1n) is 10.3. The summed E-state index contributed by atoms with van der Waals surface area (Å²) in [6.45, 7) is 13.2. The van der Waals surface area contributed by atoms with E-state index in [2.05, 4.69) is 5.32 Å². The first-order chi connectivity index (χ1) is 14.3. The molecule has 8 nitrogen and oxygen atoms in total. The standard InChI is InChI=1S/C22H32N2O6S/c1-8-28-18(25)15-13-24(20(27)30-22(5,6)7)11-9-14(15)17-16(10-12-31-17)23-19(26)29-21(2,3)4/h10,12H,8-9,11,13H2,1-7H3,(H,23,26). The lowest BCUT2D eigenvalue weighted by molar-refractivity contribution is -0.138. The van der Waals surface area contributed by atoms with Gasteiger partial charge in [0.1, 0.15) is 11.2 Å². The van der Waals surface area contributed by atoms with Gasteiger partial charge in [-0.2, -0.15) is 0 Å². The molecule has 1 aliphatic rings. The topological polar surface area (TPSA) is 94.2 Å². The Kier molecular flexibility index (Phi) is 7.75. The zero-order valence-electron chi connectivity index (χ0n) is 19.3. The molecule has 9 heteroatoms. The summed E-state index contributed by atoms with van der Waals surface area (Å²) in [6.07, 6.45) is -0.625. The van der Waals surface area contributed by atoms with Crippen LogP contribution in [0.4, 0.5) is 15.3 Å². The fourth-order valence-electron chi connectivity index (χ4n) is 2.96. The quantitative estimate of drug-likeness (QED) is 0.507. The number of nitrogens with zero attached hydrogens (tertiary/aromatic N) is 1. The average Bonchev–Trinajstić information content (AvgIpc) is 3.06. The molecule has 172 valence electrons. The van der Waals surface area contributed by atoms with Crippen molar-refractivity contribution in [3.63, 3.8) is 0 Å². The van der Waals surface area contributed by atoms with Crippen molar-refractivity contribution in [3.8, 4) is 0 Å². The van der Waals surface area contributed by atoms with Crippen molar-refractivity contribution in [3.05, 3.63) is 21.9 Å². The van der Waals surface area contributed by atoms with E-state index in [4.69, 9.17) is 14.2 Å². The summed E-state index contributed by atoms with van der Waals surface area (Å²) < 4.78 is 16.0. The lowest BCUT2D eigenvalue weighted by Crippen LogP contribution is -2.42. The van der Waals surface area contributed by atoms with E-state index in [1.165, 1.54) is 16.2 Å². The highest BCUT2D eigenvalue weighted by Crippen LogP contribution is 2.37. The number of carbonyl (C=O) groups excluding carboxylic acids is 3. The molecule has 0 bridgehead atoms. The Morgan fingerprint density at radius 3 is 2.32 bits per heavy atom. The summed E-state index contributed by atoms with van der Waals surface area (Å²) in [7, 11) is 0. The van der Waals surface area contributed by atoms with Gasteiger partial charge in [-0.05, 0) is 71.9 Å². The predicted molar refractivity (Wildman–Crippen MR) is 120 cm³/mol. The molecule has 1 N–H and O–H groups in total. The second-order valence-corrected chi connectivity index (χ2v) is 10.0. The van der Waals surface area contributed by atoms with Crippen LogP contribution < -0.4 is 5.32 Å². The second-order valence-electron chi connectivity index (χ2n) is 9.12. The summed E-state index contributed by atoms with van der Waals surface area (Å²) >= 11 is 1.40. The first kappa shape index (κ1) is 24.7. The minimum atomic E-state index is -0.635. The van der Waals surface area contributed by atoms with Crippen molar-refractivity contribution in [1.82, 2.24) is 4.90 Å². The molecule has 0 unspecified atom stereocenters. The molecule has 0 atom stereocenters. The molecule has 2 rings (SSSR count). The number of esters is 1. The van der Waals surface area contributed by atoms with Crippen LogP contribution in [0.2, 0.25) is 0 Å². The third-order valence-corrected chi connectivity index (χ3v) is 5.07. The Morgan fingerprint density at radius 1 is 1.10 bits per heavy atom. The minimum Gasteiger partial charge on any atom is -0.463 e. The molecule has 0 fully saturated rings. The summed E-state index contributed by atoms with van der Waals surface area (Å²) in [6, 6.07) is 1.76. The lowest BCUT2D eigenvalue weighted by atomic mass is 9.98. The van der Waals surface area contributed by atoms with Crippen LogP contribution in [-0.4, -0.2) is 54.0 Å². The van der Waals surface area contributed by atoms with Gasteiger partial charge in [-0.25, -0.2) is 14.4 Å². The van der Waals surface area contributed by atoms with Gasteiger partial charge in [0.2, 0.25) is 0 Å². The van der Waals surface area contributed by atoms with Gasteiger partial charge in [0.15, 0.2) is 0 Å². The van der Waals surface area contributed by atoms with Crippen molar-refractivity contribution >= 4 is 40.8 Å². The number of thiophene rings is 1. The third kappa shape index (κ3) is 7.27. The number of rotatable bonds is 4. The highest BCUT2D eigenvalue weighted by atomic mass is 32.1. The fraction of sp³-hybridized carbons (Fsp3) is 0.591. The third-order valence-electron chi connectivity index (χ3n) is 4.09. The van der Waals surface area contributed by atoms with Gasteiger partial charge in [0.25, 0.3) is 0 Å². The molecular weight excluding hydrogens is 420 g/mol. The van der Waals surface area contributed by atoms with Crippen LogP contribution in [0.1, 0.15) is 59.8 Å². The molecule has 0 radical (unpaired) electrons. The highest BCUT2D eigenvalue weighted by Gasteiger charge is 2.32. The average molecular weight is 453 g/mol. The Morgan fingerprint density at radius 2 is 1.74 bits per heavy atom. The van der Waals surface area contributed by atoms with Gasteiger partial charge in [0.05, 0.1) is 29.3 Å². The van der Waals surface area contributed by atoms with Gasteiger partial charge in [0, 0.05) is 6.54 Å². The number of nitrogens with one attached hydrogen (secondary N) is 1. The van der Waals surface area contributed by atoms with Crippen molar-refractivity contribution in [2.45, 2.75) is 66.1 Å². The van der Waals surface area contributed by atoms with Gasteiger partial charge in [-0.15, -0.1) is 11.3 Å². The SMILES string of the molecule is CCOC(=O)C1=C(c2sccc2NC(=O)OC(C)(C)C)CCN(C(=O)OC(C)(C)C)C1. The van der Waals surface area contributed by atoms with Crippen LogP contribution in [0, 0.1) is 0 Å². The maximum Gasteiger partial charge on any atom is 0.412 e. The van der Waals surface area contributed by atoms with Crippen LogP contribution in [-0.2, 0) is 19.0 Å². The normalized spacial score (nSPS) is 14.9. The number of carbonyl (C=O) groups is 3. The highest BCUT2D eigenvalue weighted by molar-refractivity contribution is 7.11. The number of anilines is 1. The fourth-order valence-corrected chi connectivity index (χ4v) is 3.91. The summed E-state index contributed by atoms with van der Waals surface area (Å²) in [4.78, 5) is 39.7. The molecule has 0 spiro atoms. The molecule has 2 heterocycles. The Labute approximate surface area is 187 Å². The molecule has 2 amide bonds. The largest absolute Gasteiger partial charge is 0.463 e. The maximum atomic E-state index is 12.7. The minimum absolute atomic E-state index is 0.0762. The van der Waals surface area contributed by atoms with E-state index >= 15 is 0 Å². The van der Waals surface area contributed by atoms with E-state index in [0.29, 0.717) is 24.2 Å². The van der Waals surface area contributed by atoms with Crippen LogP contribution in [0.15, 0.2) is 17.0 Å². The summed E-state index contributed by atoms with van der Waals surface area (Å²) in [5.74, 6) is -0.484.